The van der Waals surface area contributed by atoms with Gasteiger partial charge in [-0.1, -0.05) is 48.5 Å². The van der Waals surface area contributed by atoms with Crippen molar-refractivity contribution in [2.45, 2.75) is 6.61 Å². The number of urea groups is 1. The number of imide groups is 1. The minimum Gasteiger partial charge on any atom is -0.487 e. The Morgan fingerprint density at radius 1 is 0.900 bits per heavy atom. The van der Waals surface area contributed by atoms with Crippen molar-refractivity contribution in [2.75, 3.05) is 4.90 Å². The number of carbonyl (C=O) groups is 2. The zero-order valence-electron chi connectivity index (χ0n) is 15.6. The van der Waals surface area contributed by atoms with Crippen molar-refractivity contribution in [2.24, 2.45) is 0 Å². The zero-order chi connectivity index (χ0) is 21.1. The molecule has 0 spiro atoms. The van der Waals surface area contributed by atoms with Gasteiger partial charge in [0.15, 0.2) is 0 Å². The fourth-order valence-corrected chi connectivity index (χ4v) is 4.49. The minimum absolute atomic E-state index is 0.209. The molecule has 0 unspecified atom stereocenters. The van der Waals surface area contributed by atoms with Crippen molar-refractivity contribution in [1.29, 1.82) is 0 Å². The third-order valence-corrected chi connectivity index (χ3v) is 5.63. The first-order chi connectivity index (χ1) is 14.5. The number of benzene rings is 3. The van der Waals surface area contributed by atoms with Crippen LogP contribution in [0, 0.1) is 0 Å². The summed E-state index contributed by atoms with van der Waals surface area (Å²) in [6.07, 6.45) is 1.64. The highest BCUT2D eigenvalue weighted by Gasteiger charge is 2.34. The van der Waals surface area contributed by atoms with Crippen LogP contribution in [0.5, 0.6) is 5.75 Å². The van der Waals surface area contributed by atoms with Gasteiger partial charge in [-0.25, -0.2) is 9.69 Å². The van der Waals surface area contributed by atoms with Crippen molar-refractivity contribution in [1.82, 2.24) is 5.32 Å². The molecule has 1 heterocycles. The molecule has 3 amide bonds. The molecular weight excluding hydrogens is 512 g/mol. The molecule has 0 saturated carbocycles. The van der Waals surface area contributed by atoms with Gasteiger partial charge in [0.05, 0.1) is 14.6 Å². The molecule has 7 heteroatoms. The molecule has 3 aromatic carbocycles. The predicted molar refractivity (Wildman–Crippen MR) is 123 cm³/mol. The molecule has 1 saturated heterocycles. The molecule has 1 N–H and O–H groups in total. The number of ether oxygens (including phenoxy) is 1. The molecule has 0 atom stereocenters. The van der Waals surface area contributed by atoms with Gasteiger partial charge < -0.3 is 10.1 Å². The molecule has 0 aromatic heterocycles. The second-order valence-corrected chi connectivity index (χ2v) is 8.26. The predicted octanol–water partition coefficient (Wildman–Crippen LogP) is 5.89. The van der Waals surface area contributed by atoms with Gasteiger partial charge >= 0.3 is 6.03 Å². The molecule has 0 bridgehead atoms. The molecule has 150 valence electrons. The average Bonchev–Trinajstić information content (AvgIpc) is 3.01. The number of amides is 3. The number of nitrogens with zero attached hydrogens (tertiary/aromatic N) is 1. The van der Waals surface area contributed by atoms with Crippen LogP contribution >= 0.6 is 31.9 Å². The summed E-state index contributed by atoms with van der Waals surface area (Å²) in [5.74, 6) is 0.261. The first kappa shape index (κ1) is 20.4. The smallest absolute Gasteiger partial charge is 0.333 e. The second-order valence-electron chi connectivity index (χ2n) is 6.55. The lowest BCUT2D eigenvalue weighted by Crippen LogP contribution is -2.30. The quantitative estimate of drug-likeness (QED) is 0.332. The Bertz CT molecular complexity index is 1110. The van der Waals surface area contributed by atoms with E-state index in [0.717, 1.165) is 25.0 Å². The Morgan fingerprint density at radius 3 is 2.13 bits per heavy atom. The van der Waals surface area contributed by atoms with Gasteiger partial charge in [0.2, 0.25) is 0 Å². The zero-order valence-corrected chi connectivity index (χ0v) is 18.8. The van der Waals surface area contributed by atoms with E-state index < -0.39 is 11.9 Å². The summed E-state index contributed by atoms with van der Waals surface area (Å²) in [6.45, 7) is 0.430. The Hall–Kier alpha value is -2.90. The van der Waals surface area contributed by atoms with Crippen LogP contribution in [0.3, 0.4) is 0 Å². The third kappa shape index (κ3) is 4.32. The lowest BCUT2D eigenvalue weighted by atomic mass is 10.1. The van der Waals surface area contributed by atoms with Gasteiger partial charge in [0, 0.05) is 0 Å². The number of hydrogen-bond donors (Lipinski definition) is 1. The van der Waals surface area contributed by atoms with Crippen molar-refractivity contribution >= 4 is 55.6 Å². The van der Waals surface area contributed by atoms with Gasteiger partial charge in [-0.05, 0) is 73.3 Å². The van der Waals surface area contributed by atoms with Crippen LogP contribution in [0.1, 0.15) is 11.1 Å². The van der Waals surface area contributed by atoms with E-state index in [0.29, 0.717) is 18.0 Å². The number of para-hydroxylation sites is 1. The van der Waals surface area contributed by atoms with E-state index in [-0.39, 0.29) is 5.70 Å². The maximum absolute atomic E-state index is 12.7. The molecule has 1 aliphatic rings. The number of rotatable bonds is 5. The molecule has 1 aliphatic heterocycles. The van der Waals surface area contributed by atoms with Crippen molar-refractivity contribution in [3.05, 3.63) is 98.6 Å². The molecule has 5 nitrogen and oxygen atoms in total. The fraction of sp³-hybridized carbons (Fsp3) is 0.0435. The van der Waals surface area contributed by atoms with Crippen LogP contribution in [0.2, 0.25) is 0 Å². The van der Waals surface area contributed by atoms with E-state index in [1.807, 2.05) is 48.5 Å². The van der Waals surface area contributed by atoms with Gasteiger partial charge in [-0.2, -0.15) is 0 Å². The Labute approximate surface area is 190 Å². The maximum atomic E-state index is 12.7. The van der Waals surface area contributed by atoms with Crippen LogP contribution < -0.4 is 15.0 Å². The molecule has 30 heavy (non-hydrogen) atoms. The first-order valence-corrected chi connectivity index (χ1v) is 10.7. The van der Waals surface area contributed by atoms with Gasteiger partial charge in [-0.15, -0.1) is 0 Å². The summed E-state index contributed by atoms with van der Waals surface area (Å²) >= 11 is 7.06. The number of nitrogens with one attached hydrogen (secondary N) is 1. The van der Waals surface area contributed by atoms with Crippen LogP contribution in [-0.2, 0) is 11.4 Å². The standard InChI is InChI=1S/C23H16Br2N2O3/c24-18-11-16(12-19(25)21(18)30-14-15-7-3-1-4-8-15)13-20-22(28)27(23(29)26-20)17-9-5-2-6-10-17/h1-13H,14H2,(H,26,29)/b20-13+. The molecular formula is C23H16Br2N2O3. The summed E-state index contributed by atoms with van der Waals surface area (Å²) in [5.41, 5.74) is 2.53. The van der Waals surface area contributed by atoms with E-state index in [2.05, 4.69) is 37.2 Å². The summed E-state index contributed by atoms with van der Waals surface area (Å²) in [5, 5.41) is 2.64. The van der Waals surface area contributed by atoms with Crippen molar-refractivity contribution in [3.8, 4) is 5.75 Å². The highest BCUT2D eigenvalue weighted by Crippen LogP contribution is 2.36. The summed E-state index contributed by atoms with van der Waals surface area (Å²) in [6, 6.07) is 21.9. The Morgan fingerprint density at radius 2 is 1.50 bits per heavy atom. The first-order valence-electron chi connectivity index (χ1n) is 9.11. The monoisotopic (exact) mass is 526 g/mol. The van der Waals surface area contributed by atoms with Crippen molar-refractivity contribution < 1.29 is 14.3 Å². The molecule has 1 fully saturated rings. The number of hydrogen-bond acceptors (Lipinski definition) is 3. The van der Waals surface area contributed by atoms with Crippen LogP contribution in [0.4, 0.5) is 10.5 Å². The average molecular weight is 528 g/mol. The van der Waals surface area contributed by atoms with E-state index in [1.54, 1.807) is 30.3 Å². The topological polar surface area (TPSA) is 58.6 Å². The molecule has 3 aromatic rings. The third-order valence-electron chi connectivity index (χ3n) is 4.45. The SMILES string of the molecule is O=C1N/C(=C/c2cc(Br)c(OCc3ccccc3)c(Br)c2)C(=O)N1c1ccccc1. The summed E-state index contributed by atoms with van der Waals surface area (Å²) in [7, 11) is 0. The van der Waals surface area contributed by atoms with E-state index >= 15 is 0 Å². The van der Waals surface area contributed by atoms with Crippen molar-refractivity contribution in [3.63, 3.8) is 0 Å². The highest BCUT2D eigenvalue weighted by atomic mass is 79.9. The normalized spacial score (nSPS) is 14.9. The van der Waals surface area contributed by atoms with Crippen LogP contribution in [0.15, 0.2) is 87.4 Å². The van der Waals surface area contributed by atoms with Gasteiger partial charge in [0.25, 0.3) is 5.91 Å². The lowest BCUT2D eigenvalue weighted by Gasteiger charge is -2.12. The summed E-state index contributed by atoms with van der Waals surface area (Å²) < 4.78 is 7.40. The Kier molecular flexibility index (Phi) is 6.01. The molecule has 4 rings (SSSR count). The lowest BCUT2D eigenvalue weighted by molar-refractivity contribution is -0.113. The second kappa shape index (κ2) is 8.85. The number of carbonyl (C=O) groups excluding carboxylic acids is 2. The van der Waals surface area contributed by atoms with Gasteiger partial charge in [0.1, 0.15) is 18.1 Å². The van der Waals surface area contributed by atoms with E-state index in [1.165, 1.54) is 0 Å². The van der Waals surface area contributed by atoms with Crippen LogP contribution in [0.25, 0.3) is 6.08 Å². The number of anilines is 1. The Balaban J connectivity index is 1.55. The minimum atomic E-state index is -0.474. The summed E-state index contributed by atoms with van der Waals surface area (Å²) in [4.78, 5) is 26.2. The highest BCUT2D eigenvalue weighted by molar-refractivity contribution is 9.11. The number of halogens is 2. The molecule has 0 radical (unpaired) electrons. The molecule has 0 aliphatic carbocycles. The maximum Gasteiger partial charge on any atom is 0.333 e. The van der Waals surface area contributed by atoms with Gasteiger partial charge in [-0.3, -0.25) is 4.79 Å². The van der Waals surface area contributed by atoms with E-state index in [9.17, 15) is 9.59 Å². The van der Waals surface area contributed by atoms with Crippen LogP contribution in [-0.4, -0.2) is 11.9 Å². The fourth-order valence-electron chi connectivity index (χ4n) is 3.04. The van der Waals surface area contributed by atoms with E-state index in [4.69, 9.17) is 4.74 Å². The largest absolute Gasteiger partial charge is 0.487 e.